The Morgan fingerprint density at radius 2 is 2.38 bits per heavy atom. The second-order valence-corrected chi connectivity index (χ2v) is 6.96. The number of phosphoric ester groups is 1. The van der Waals surface area contributed by atoms with Gasteiger partial charge in [0.05, 0.1) is 12.8 Å². The Kier molecular flexibility index (Phi) is 2.87. The molecule has 5 heterocycles. The van der Waals surface area contributed by atoms with Gasteiger partial charge in [-0.15, -0.1) is 0 Å². The Morgan fingerprint density at radius 3 is 3.25 bits per heavy atom. The topological polar surface area (TPSA) is 148 Å². The molecule has 2 aliphatic heterocycles. The summed E-state index contributed by atoms with van der Waals surface area (Å²) in [6.45, 7) is -0.148. The lowest BCUT2D eigenvalue weighted by Gasteiger charge is -2.27. The van der Waals surface area contributed by atoms with Crippen molar-refractivity contribution in [3.63, 3.8) is 0 Å². The highest BCUT2D eigenvalue weighted by molar-refractivity contribution is 7.47. The van der Waals surface area contributed by atoms with Gasteiger partial charge in [-0.3, -0.25) is 14.0 Å². The number of aromatic amines is 1. The number of H-pyrrole nitrogens is 1. The van der Waals surface area contributed by atoms with Crippen LogP contribution in [0.5, 0.6) is 0 Å². The van der Waals surface area contributed by atoms with Crippen molar-refractivity contribution in [2.45, 2.75) is 24.5 Å². The number of fused-ring (bicyclic) bond motifs is 4. The number of aliphatic hydroxyl groups excluding tert-OH is 1. The highest BCUT2D eigenvalue weighted by atomic mass is 31.2. The molecule has 0 aliphatic carbocycles. The molecule has 2 fully saturated rings. The van der Waals surface area contributed by atoms with E-state index in [1.54, 1.807) is 23.3 Å². The first-order valence-corrected chi connectivity index (χ1v) is 8.60. The maximum Gasteiger partial charge on any atom is 0.472 e. The first-order valence-electron chi connectivity index (χ1n) is 7.11. The molecule has 0 aromatic carbocycles. The maximum absolute atomic E-state index is 11.5. The zero-order valence-corrected chi connectivity index (χ0v) is 12.9. The number of aliphatic hydroxyl groups is 1. The molecule has 3 N–H and O–H groups in total. The number of hydrogen-bond donors (Lipinski definition) is 3. The van der Waals surface area contributed by atoms with Crippen molar-refractivity contribution < 1.29 is 32.9 Å². The summed E-state index contributed by atoms with van der Waals surface area (Å²) in [4.78, 5) is 16.6. The van der Waals surface area contributed by atoms with E-state index in [9.17, 15) is 14.6 Å². The third-order valence-electron chi connectivity index (χ3n) is 4.14. The minimum atomic E-state index is -4.17. The normalized spacial score (nSPS) is 36.4. The van der Waals surface area contributed by atoms with E-state index >= 15 is 0 Å². The van der Waals surface area contributed by atoms with Gasteiger partial charge in [0.25, 0.3) is 0 Å². The molecule has 12 nitrogen and oxygen atoms in total. The first kappa shape index (κ1) is 14.4. The number of phosphoric acid groups is 1. The van der Waals surface area contributed by atoms with Crippen LogP contribution in [0.25, 0.3) is 16.8 Å². The van der Waals surface area contributed by atoms with E-state index in [1.165, 1.54) is 4.52 Å². The largest absolute Gasteiger partial charge is 0.472 e. The summed E-state index contributed by atoms with van der Waals surface area (Å²) in [6.07, 6.45) is 1.13. The summed E-state index contributed by atoms with van der Waals surface area (Å²) >= 11 is 0. The van der Waals surface area contributed by atoms with Gasteiger partial charge in [0.2, 0.25) is 17.4 Å². The molecule has 0 amide bonds. The van der Waals surface area contributed by atoms with Crippen LogP contribution in [0.2, 0.25) is 0 Å². The van der Waals surface area contributed by atoms with Crippen molar-refractivity contribution >= 4 is 24.6 Å². The molecule has 0 radical (unpaired) electrons. The number of ether oxygens (including phenoxy) is 1. The minimum Gasteiger partial charge on any atom is -0.384 e. The fraction of sp³-hybridized carbons (Fsp3) is 0.455. The van der Waals surface area contributed by atoms with E-state index in [0.717, 1.165) is 0 Å². The van der Waals surface area contributed by atoms with Gasteiger partial charge in [0.15, 0.2) is 6.33 Å². The van der Waals surface area contributed by atoms with Crippen molar-refractivity contribution in [1.29, 1.82) is 0 Å². The molecule has 3 aromatic rings. The Hall–Kier alpha value is -1.95. The van der Waals surface area contributed by atoms with Crippen molar-refractivity contribution in [2.24, 2.45) is 0 Å². The Bertz CT molecular complexity index is 988. The van der Waals surface area contributed by atoms with Gasteiger partial charge < -0.3 is 14.7 Å². The van der Waals surface area contributed by atoms with E-state index in [1.807, 2.05) is 0 Å². The number of rotatable bonds is 1. The van der Waals surface area contributed by atoms with Crippen molar-refractivity contribution in [3.8, 4) is 0 Å². The molecule has 126 valence electrons. The zero-order valence-electron chi connectivity index (χ0n) is 12.0. The summed E-state index contributed by atoms with van der Waals surface area (Å²) in [5.74, 6) is 0. The fourth-order valence-electron chi connectivity index (χ4n) is 3.05. The van der Waals surface area contributed by atoms with Crippen LogP contribution >= 0.6 is 7.82 Å². The molecule has 2 saturated heterocycles. The highest BCUT2D eigenvalue weighted by Gasteiger charge is 2.54. The average Bonchev–Trinajstić information content (AvgIpc) is 3.23. The third kappa shape index (κ3) is 1.95. The van der Waals surface area contributed by atoms with Gasteiger partial charge >= 0.3 is 13.5 Å². The van der Waals surface area contributed by atoms with E-state index in [-0.39, 0.29) is 6.61 Å². The van der Waals surface area contributed by atoms with E-state index in [4.69, 9.17) is 13.8 Å². The van der Waals surface area contributed by atoms with Gasteiger partial charge in [-0.25, -0.2) is 14.1 Å². The van der Waals surface area contributed by atoms with Crippen LogP contribution in [0.1, 0.15) is 6.23 Å². The Morgan fingerprint density at radius 1 is 1.50 bits per heavy atom. The molecule has 0 spiro atoms. The Balaban J connectivity index is 1.57. The van der Waals surface area contributed by atoms with Gasteiger partial charge in [-0.05, 0) is 0 Å². The number of aromatic nitrogens is 6. The van der Waals surface area contributed by atoms with Crippen LogP contribution in [0.4, 0.5) is 0 Å². The van der Waals surface area contributed by atoms with Crippen molar-refractivity contribution in [2.75, 3.05) is 6.61 Å². The van der Waals surface area contributed by atoms with Crippen LogP contribution < -0.4 is 4.57 Å². The molecule has 24 heavy (non-hydrogen) atoms. The minimum absolute atomic E-state index is 0.148. The molecule has 1 unspecified atom stereocenters. The number of hydrogen-bond acceptors (Lipinski definition) is 8. The third-order valence-corrected chi connectivity index (χ3v) is 5.12. The summed E-state index contributed by atoms with van der Waals surface area (Å²) < 4.78 is 30.0. The molecule has 3 aromatic heterocycles. The van der Waals surface area contributed by atoms with Gasteiger partial charge in [0, 0.05) is 16.5 Å². The molecule has 13 heteroatoms. The number of nitrogens with zero attached hydrogens (tertiary/aromatic N) is 5. The average molecular weight is 355 g/mol. The lowest BCUT2D eigenvalue weighted by atomic mass is 10.1. The quantitative estimate of drug-likeness (QED) is 0.356. The predicted molar refractivity (Wildman–Crippen MR) is 73.4 cm³/mol. The number of imidazole rings is 2. The zero-order chi connectivity index (χ0) is 16.5. The molecule has 0 saturated carbocycles. The van der Waals surface area contributed by atoms with Crippen molar-refractivity contribution in [1.82, 2.24) is 24.8 Å². The summed E-state index contributed by atoms with van der Waals surface area (Å²) in [7, 11) is -4.17. The summed E-state index contributed by atoms with van der Waals surface area (Å²) in [6, 6.07) is 0. The van der Waals surface area contributed by atoms with Crippen molar-refractivity contribution in [3.05, 3.63) is 18.7 Å². The molecule has 2 aliphatic rings. The van der Waals surface area contributed by atoms with E-state index in [2.05, 4.69) is 20.3 Å². The second-order valence-electron chi connectivity index (χ2n) is 5.55. The van der Waals surface area contributed by atoms with Crippen LogP contribution in [0.3, 0.4) is 0 Å². The standard InChI is InChI=1S/C11H11N6O6P/c18-7-8-5(3-21-24(19,20)23-8)22-11(7)16-4-13-6-9-12-1-2-17(9)15-14-10(6)16/h1-2,4-5,7-8,11,18H,3H2,(H,19,20)/p+1/t5-,7-,8-,11-/m1/s1. The second kappa shape index (κ2) is 4.79. The van der Waals surface area contributed by atoms with Gasteiger partial charge in [-0.1, -0.05) is 0 Å². The fourth-order valence-corrected chi connectivity index (χ4v) is 4.02. The molecule has 5 atom stereocenters. The predicted octanol–water partition coefficient (Wildman–Crippen LogP) is -1.33. The monoisotopic (exact) mass is 355 g/mol. The van der Waals surface area contributed by atoms with E-state index in [0.29, 0.717) is 16.8 Å². The first-order chi connectivity index (χ1) is 11.5. The molecular weight excluding hydrogens is 343 g/mol. The summed E-state index contributed by atoms with van der Waals surface area (Å²) in [5, 5.41) is 18.6. The molecule has 5 rings (SSSR count). The number of nitrogens with one attached hydrogen (secondary N) is 1. The highest BCUT2D eigenvalue weighted by Crippen LogP contribution is 2.51. The molecular formula is C11H12N6O6P+. The van der Waals surface area contributed by atoms with E-state index < -0.39 is 32.4 Å². The lowest BCUT2D eigenvalue weighted by Crippen LogP contribution is -2.46. The SMILES string of the molecule is O=P1(O)OC[C@H]2O[C@@H]([n+]3c[nH]c4c5nccn5nnc43)[C@H](O)[C@@H]2O1. The van der Waals surface area contributed by atoms with Crippen LogP contribution in [-0.4, -0.2) is 59.7 Å². The van der Waals surface area contributed by atoms with Crippen LogP contribution in [0, 0.1) is 0 Å². The lowest BCUT2D eigenvalue weighted by molar-refractivity contribution is -0.745. The Labute approximate surface area is 133 Å². The summed E-state index contributed by atoms with van der Waals surface area (Å²) in [5.41, 5.74) is 1.61. The van der Waals surface area contributed by atoms with Gasteiger partial charge in [-0.2, -0.15) is 4.52 Å². The maximum atomic E-state index is 11.5. The van der Waals surface area contributed by atoms with Gasteiger partial charge in [0.1, 0.15) is 18.3 Å². The van der Waals surface area contributed by atoms with Crippen LogP contribution in [0.15, 0.2) is 18.7 Å². The van der Waals surface area contributed by atoms with Crippen LogP contribution in [-0.2, 0) is 18.3 Å². The molecule has 0 bridgehead atoms. The smallest absolute Gasteiger partial charge is 0.384 e.